The summed E-state index contributed by atoms with van der Waals surface area (Å²) in [6, 6.07) is 0. The van der Waals surface area contributed by atoms with E-state index in [0.29, 0.717) is 12.3 Å². The van der Waals surface area contributed by atoms with E-state index in [1.54, 1.807) is 0 Å². The number of rotatable bonds is 8. The molecule has 0 bridgehead atoms. The molecule has 0 aromatic carbocycles. The van der Waals surface area contributed by atoms with E-state index in [2.05, 4.69) is 12.2 Å². The van der Waals surface area contributed by atoms with E-state index in [-0.39, 0.29) is 12.5 Å². The molecule has 2 N–H and O–H groups in total. The topological polar surface area (TPSA) is 49.3 Å². The molecule has 1 atom stereocenters. The number of hydrogen-bond donors (Lipinski definition) is 2. The molecule has 0 saturated heterocycles. The Labute approximate surface area is 86.9 Å². The van der Waals surface area contributed by atoms with Crippen molar-refractivity contribution in [2.45, 2.75) is 46.0 Å². The van der Waals surface area contributed by atoms with E-state index in [0.717, 1.165) is 32.2 Å². The van der Waals surface area contributed by atoms with E-state index in [4.69, 9.17) is 5.11 Å². The largest absolute Gasteiger partial charge is 0.396 e. The van der Waals surface area contributed by atoms with Crippen LogP contribution in [0.3, 0.4) is 0 Å². The lowest BCUT2D eigenvalue weighted by Crippen LogP contribution is -2.24. The molecule has 1 unspecified atom stereocenters. The van der Waals surface area contributed by atoms with E-state index in [9.17, 15) is 4.79 Å². The van der Waals surface area contributed by atoms with Crippen LogP contribution in [0.5, 0.6) is 0 Å². The number of hydrogen-bond acceptors (Lipinski definition) is 2. The molecule has 0 saturated carbocycles. The average Bonchev–Trinajstić information content (AvgIpc) is 2.21. The summed E-state index contributed by atoms with van der Waals surface area (Å²) in [7, 11) is 0. The Kier molecular flexibility index (Phi) is 8.64. The van der Waals surface area contributed by atoms with Gasteiger partial charge in [0.15, 0.2) is 0 Å². The Morgan fingerprint density at radius 1 is 1.43 bits per heavy atom. The third-order valence-corrected chi connectivity index (χ3v) is 2.26. The van der Waals surface area contributed by atoms with Crippen LogP contribution >= 0.6 is 0 Å². The van der Waals surface area contributed by atoms with Crippen molar-refractivity contribution < 1.29 is 9.90 Å². The molecular weight excluding hydrogens is 178 g/mol. The molecule has 14 heavy (non-hydrogen) atoms. The summed E-state index contributed by atoms with van der Waals surface area (Å²) in [5.74, 6) is 0.506. The summed E-state index contributed by atoms with van der Waals surface area (Å²) in [6.07, 6.45) is 4.62. The summed E-state index contributed by atoms with van der Waals surface area (Å²) in [4.78, 5) is 11.2. The van der Waals surface area contributed by atoms with Crippen LogP contribution in [0.4, 0.5) is 0 Å². The van der Waals surface area contributed by atoms with Gasteiger partial charge in [0, 0.05) is 19.6 Å². The minimum absolute atomic E-state index is 0.156. The van der Waals surface area contributed by atoms with E-state index >= 15 is 0 Å². The van der Waals surface area contributed by atoms with Gasteiger partial charge in [-0.25, -0.2) is 0 Å². The Balaban J connectivity index is 3.22. The zero-order valence-corrected chi connectivity index (χ0v) is 9.38. The number of aliphatic hydroxyl groups excluding tert-OH is 1. The maximum atomic E-state index is 11.2. The normalized spacial score (nSPS) is 12.5. The molecule has 1 amide bonds. The Hall–Kier alpha value is -0.570. The molecule has 0 aromatic heterocycles. The molecule has 0 aromatic rings. The molecule has 0 spiro atoms. The monoisotopic (exact) mass is 201 g/mol. The van der Waals surface area contributed by atoms with Gasteiger partial charge in [-0.2, -0.15) is 0 Å². The standard InChI is InChI=1S/C11H23NO2/c1-3-4-7-11(14)12-8-5-6-10(2)9-13/h10,13H,3-9H2,1-2H3,(H,12,14). The van der Waals surface area contributed by atoms with Crippen molar-refractivity contribution >= 4 is 5.91 Å². The van der Waals surface area contributed by atoms with Gasteiger partial charge >= 0.3 is 0 Å². The summed E-state index contributed by atoms with van der Waals surface area (Å²) in [6.45, 7) is 5.08. The lowest BCUT2D eigenvalue weighted by Gasteiger charge is -2.08. The number of amides is 1. The second-order valence-electron chi connectivity index (χ2n) is 3.88. The zero-order chi connectivity index (χ0) is 10.8. The molecule has 0 rings (SSSR count). The molecule has 3 heteroatoms. The Morgan fingerprint density at radius 3 is 2.71 bits per heavy atom. The van der Waals surface area contributed by atoms with Crippen LogP contribution < -0.4 is 5.32 Å². The number of carbonyl (C=O) groups is 1. The van der Waals surface area contributed by atoms with Crippen molar-refractivity contribution in [2.75, 3.05) is 13.2 Å². The van der Waals surface area contributed by atoms with Gasteiger partial charge in [-0.15, -0.1) is 0 Å². The molecule has 0 fully saturated rings. The Morgan fingerprint density at radius 2 is 2.14 bits per heavy atom. The third-order valence-electron chi connectivity index (χ3n) is 2.26. The van der Waals surface area contributed by atoms with Crippen LogP contribution in [-0.2, 0) is 4.79 Å². The van der Waals surface area contributed by atoms with Crippen LogP contribution in [0, 0.1) is 5.92 Å². The van der Waals surface area contributed by atoms with Gasteiger partial charge in [0.25, 0.3) is 0 Å². The van der Waals surface area contributed by atoms with Gasteiger partial charge < -0.3 is 10.4 Å². The van der Waals surface area contributed by atoms with Crippen molar-refractivity contribution in [3.63, 3.8) is 0 Å². The Bertz CT molecular complexity index is 148. The highest BCUT2D eigenvalue weighted by atomic mass is 16.3. The summed E-state index contributed by atoms with van der Waals surface area (Å²) >= 11 is 0. The highest BCUT2D eigenvalue weighted by molar-refractivity contribution is 5.75. The van der Waals surface area contributed by atoms with E-state index in [1.807, 2.05) is 6.92 Å². The van der Waals surface area contributed by atoms with E-state index < -0.39 is 0 Å². The maximum Gasteiger partial charge on any atom is 0.219 e. The predicted octanol–water partition coefficient (Wildman–Crippen LogP) is 1.70. The molecular formula is C11H23NO2. The van der Waals surface area contributed by atoms with Gasteiger partial charge in [0.05, 0.1) is 0 Å². The first-order valence-corrected chi connectivity index (χ1v) is 5.58. The SMILES string of the molecule is CCCCC(=O)NCCCC(C)CO. The highest BCUT2D eigenvalue weighted by Gasteiger charge is 2.01. The summed E-state index contributed by atoms with van der Waals surface area (Å²) in [5, 5.41) is 11.6. The summed E-state index contributed by atoms with van der Waals surface area (Å²) < 4.78 is 0. The van der Waals surface area contributed by atoms with Crippen LogP contribution in [-0.4, -0.2) is 24.2 Å². The minimum atomic E-state index is 0.156. The third kappa shape index (κ3) is 8.05. The number of aliphatic hydroxyl groups is 1. The first kappa shape index (κ1) is 13.4. The van der Waals surface area contributed by atoms with Gasteiger partial charge in [0.1, 0.15) is 0 Å². The molecule has 3 nitrogen and oxygen atoms in total. The van der Waals surface area contributed by atoms with Crippen molar-refractivity contribution in [3.8, 4) is 0 Å². The fourth-order valence-electron chi connectivity index (χ4n) is 1.20. The number of unbranched alkanes of at least 4 members (excludes halogenated alkanes) is 1. The number of nitrogens with one attached hydrogen (secondary N) is 1. The second-order valence-corrected chi connectivity index (χ2v) is 3.88. The minimum Gasteiger partial charge on any atom is -0.396 e. The highest BCUT2D eigenvalue weighted by Crippen LogP contribution is 2.02. The van der Waals surface area contributed by atoms with Gasteiger partial charge in [-0.3, -0.25) is 4.79 Å². The van der Waals surface area contributed by atoms with Crippen molar-refractivity contribution in [1.82, 2.24) is 5.32 Å². The van der Waals surface area contributed by atoms with Crippen LogP contribution in [0.2, 0.25) is 0 Å². The molecule has 0 aliphatic carbocycles. The van der Waals surface area contributed by atoms with Crippen LogP contribution in [0.1, 0.15) is 46.0 Å². The zero-order valence-electron chi connectivity index (χ0n) is 9.38. The molecule has 0 radical (unpaired) electrons. The fourth-order valence-corrected chi connectivity index (χ4v) is 1.20. The van der Waals surface area contributed by atoms with Crippen molar-refractivity contribution in [2.24, 2.45) is 5.92 Å². The molecule has 0 heterocycles. The summed E-state index contributed by atoms with van der Waals surface area (Å²) in [5.41, 5.74) is 0. The molecule has 0 aliphatic heterocycles. The van der Waals surface area contributed by atoms with Gasteiger partial charge in [0.2, 0.25) is 5.91 Å². The lowest BCUT2D eigenvalue weighted by molar-refractivity contribution is -0.121. The first-order chi connectivity index (χ1) is 6.70. The van der Waals surface area contributed by atoms with Crippen LogP contribution in [0.15, 0.2) is 0 Å². The van der Waals surface area contributed by atoms with Gasteiger partial charge in [-0.05, 0) is 25.2 Å². The second kappa shape index (κ2) is 9.00. The van der Waals surface area contributed by atoms with Crippen molar-refractivity contribution in [3.05, 3.63) is 0 Å². The van der Waals surface area contributed by atoms with Crippen LogP contribution in [0.25, 0.3) is 0 Å². The lowest BCUT2D eigenvalue weighted by atomic mass is 10.1. The quantitative estimate of drug-likeness (QED) is 0.587. The van der Waals surface area contributed by atoms with E-state index in [1.165, 1.54) is 0 Å². The average molecular weight is 201 g/mol. The number of carbonyl (C=O) groups excluding carboxylic acids is 1. The predicted molar refractivity (Wildman–Crippen MR) is 58.0 cm³/mol. The molecule has 0 aliphatic rings. The smallest absolute Gasteiger partial charge is 0.219 e. The van der Waals surface area contributed by atoms with Crippen molar-refractivity contribution in [1.29, 1.82) is 0 Å². The maximum absolute atomic E-state index is 11.2. The fraction of sp³-hybridized carbons (Fsp3) is 0.909. The molecule has 84 valence electrons. The first-order valence-electron chi connectivity index (χ1n) is 5.58. The van der Waals surface area contributed by atoms with Gasteiger partial charge in [-0.1, -0.05) is 20.3 Å².